The Morgan fingerprint density at radius 3 is 2.67 bits per heavy atom. The lowest BCUT2D eigenvalue weighted by Gasteiger charge is -2.07. The van der Waals surface area contributed by atoms with E-state index in [4.69, 9.17) is 9.84 Å². The van der Waals surface area contributed by atoms with Crippen LogP contribution in [0.1, 0.15) is 31.7 Å². The summed E-state index contributed by atoms with van der Waals surface area (Å²) in [6.45, 7) is 1.66. The fourth-order valence-electron chi connectivity index (χ4n) is 2.45. The molecule has 0 radical (unpaired) electrons. The molecule has 1 N–H and O–H groups in total. The van der Waals surface area contributed by atoms with Crippen LogP contribution in [0.3, 0.4) is 0 Å². The second kappa shape index (κ2) is 9.12. The standard InChI is InChI=1S/C17H19F3N2O4S/c1-2-26-15(25)5-3-4-8-27-16-21-12-9-11(17(18,19)20)6-7-13(12)22(16)10-14(23)24/h6-7,9H,2-5,8,10H2,1H3,(H,23,24). The molecule has 0 atom stereocenters. The van der Waals surface area contributed by atoms with Crippen molar-refractivity contribution in [1.82, 2.24) is 9.55 Å². The topological polar surface area (TPSA) is 81.4 Å². The summed E-state index contributed by atoms with van der Waals surface area (Å²) in [6.07, 6.45) is -2.95. The first-order valence-electron chi connectivity index (χ1n) is 8.30. The van der Waals surface area contributed by atoms with E-state index in [1.54, 1.807) is 6.92 Å². The molecule has 0 amide bonds. The first-order chi connectivity index (χ1) is 12.7. The predicted molar refractivity (Wildman–Crippen MR) is 93.6 cm³/mol. The molecule has 0 fully saturated rings. The van der Waals surface area contributed by atoms with E-state index in [0.29, 0.717) is 35.9 Å². The highest BCUT2D eigenvalue weighted by Gasteiger charge is 2.31. The highest BCUT2D eigenvalue weighted by Crippen LogP contribution is 2.33. The molecule has 0 aliphatic carbocycles. The van der Waals surface area contributed by atoms with Crippen molar-refractivity contribution in [1.29, 1.82) is 0 Å². The van der Waals surface area contributed by atoms with Crippen molar-refractivity contribution < 1.29 is 32.6 Å². The van der Waals surface area contributed by atoms with E-state index in [-0.39, 0.29) is 17.9 Å². The number of imidazole rings is 1. The zero-order valence-electron chi connectivity index (χ0n) is 14.6. The number of nitrogens with zero attached hydrogens (tertiary/aromatic N) is 2. The third-order valence-electron chi connectivity index (χ3n) is 3.65. The number of aliphatic carboxylic acids is 1. The number of fused-ring (bicyclic) bond motifs is 1. The maximum absolute atomic E-state index is 12.9. The Kier molecular flexibility index (Phi) is 7.11. The SMILES string of the molecule is CCOC(=O)CCCCSc1nc2cc(C(F)(F)F)ccc2n1CC(=O)O. The van der Waals surface area contributed by atoms with Crippen LogP contribution in [-0.2, 0) is 27.0 Å². The van der Waals surface area contributed by atoms with Gasteiger partial charge in [-0.1, -0.05) is 11.8 Å². The van der Waals surface area contributed by atoms with E-state index in [2.05, 4.69) is 4.98 Å². The van der Waals surface area contributed by atoms with Crippen LogP contribution >= 0.6 is 11.8 Å². The lowest BCUT2D eigenvalue weighted by molar-refractivity contribution is -0.143. The highest BCUT2D eigenvalue weighted by atomic mass is 32.2. The molecule has 0 aliphatic rings. The predicted octanol–water partition coefficient (Wildman–Crippen LogP) is 3.97. The largest absolute Gasteiger partial charge is 0.480 e. The summed E-state index contributed by atoms with van der Waals surface area (Å²) < 4.78 is 44.8. The summed E-state index contributed by atoms with van der Waals surface area (Å²) >= 11 is 1.25. The molecule has 0 aliphatic heterocycles. The van der Waals surface area contributed by atoms with Crippen molar-refractivity contribution in [2.45, 2.75) is 44.1 Å². The van der Waals surface area contributed by atoms with Gasteiger partial charge >= 0.3 is 18.1 Å². The molecule has 2 aromatic rings. The van der Waals surface area contributed by atoms with Crippen molar-refractivity contribution in [3.8, 4) is 0 Å². The number of alkyl halides is 3. The number of benzene rings is 1. The van der Waals surface area contributed by atoms with Gasteiger partial charge in [-0.2, -0.15) is 13.2 Å². The molecular formula is C17H19F3N2O4S. The Morgan fingerprint density at radius 2 is 2.04 bits per heavy atom. The molecule has 0 saturated heterocycles. The third-order valence-corrected chi connectivity index (χ3v) is 4.71. The maximum atomic E-state index is 12.9. The number of unbranched alkanes of at least 4 members (excludes halogenated alkanes) is 1. The maximum Gasteiger partial charge on any atom is 0.416 e. The lowest BCUT2D eigenvalue weighted by atomic mass is 10.2. The molecule has 0 spiro atoms. The summed E-state index contributed by atoms with van der Waals surface area (Å²) in [6, 6.07) is 3.06. The van der Waals surface area contributed by atoms with Crippen molar-refractivity contribution in [2.75, 3.05) is 12.4 Å². The molecule has 0 bridgehead atoms. The number of carbonyl (C=O) groups is 2. The zero-order valence-corrected chi connectivity index (χ0v) is 15.4. The molecule has 27 heavy (non-hydrogen) atoms. The Morgan fingerprint density at radius 1 is 1.30 bits per heavy atom. The summed E-state index contributed by atoms with van der Waals surface area (Å²) in [5.41, 5.74) is -0.402. The number of aromatic nitrogens is 2. The summed E-state index contributed by atoms with van der Waals surface area (Å²) in [5, 5.41) is 9.42. The number of esters is 1. The van der Waals surface area contributed by atoms with Gasteiger partial charge in [0.1, 0.15) is 6.54 Å². The number of thioether (sulfide) groups is 1. The van der Waals surface area contributed by atoms with Gasteiger partial charge in [0, 0.05) is 12.2 Å². The normalized spacial score (nSPS) is 11.7. The van der Waals surface area contributed by atoms with Crippen molar-refractivity contribution in [2.24, 2.45) is 0 Å². The Hall–Kier alpha value is -2.23. The molecule has 6 nitrogen and oxygen atoms in total. The molecule has 148 valence electrons. The Bertz CT molecular complexity index is 820. The van der Waals surface area contributed by atoms with Gasteiger partial charge in [0.05, 0.1) is 23.2 Å². The third kappa shape index (κ3) is 5.88. The van der Waals surface area contributed by atoms with Crippen LogP contribution in [0.2, 0.25) is 0 Å². The molecule has 1 aromatic carbocycles. The molecule has 1 heterocycles. The number of carboxylic acid groups (broad SMARTS) is 1. The van der Waals surface area contributed by atoms with Gasteiger partial charge < -0.3 is 14.4 Å². The number of halogens is 3. The van der Waals surface area contributed by atoms with E-state index in [0.717, 1.165) is 12.1 Å². The molecule has 0 saturated carbocycles. The Labute approximate surface area is 157 Å². The van der Waals surface area contributed by atoms with Gasteiger partial charge in [-0.05, 0) is 38.0 Å². The quantitative estimate of drug-likeness (QED) is 0.387. The van der Waals surface area contributed by atoms with Crippen molar-refractivity contribution in [3.63, 3.8) is 0 Å². The molecule has 2 rings (SSSR count). The molecule has 10 heteroatoms. The van der Waals surface area contributed by atoms with Crippen LogP contribution in [0.4, 0.5) is 13.2 Å². The van der Waals surface area contributed by atoms with Crippen LogP contribution in [0.15, 0.2) is 23.4 Å². The lowest BCUT2D eigenvalue weighted by Crippen LogP contribution is -2.10. The average Bonchev–Trinajstić information content (AvgIpc) is 2.90. The number of ether oxygens (including phenoxy) is 1. The van der Waals surface area contributed by atoms with Gasteiger partial charge in [-0.15, -0.1) is 0 Å². The van der Waals surface area contributed by atoms with Gasteiger partial charge in [-0.3, -0.25) is 9.59 Å². The van der Waals surface area contributed by atoms with Gasteiger partial charge in [0.15, 0.2) is 5.16 Å². The fraction of sp³-hybridized carbons (Fsp3) is 0.471. The van der Waals surface area contributed by atoms with E-state index in [9.17, 15) is 22.8 Å². The number of hydrogen-bond donors (Lipinski definition) is 1. The van der Waals surface area contributed by atoms with Gasteiger partial charge in [0.25, 0.3) is 0 Å². The molecule has 0 unspecified atom stereocenters. The zero-order chi connectivity index (χ0) is 20.0. The second-order valence-electron chi connectivity index (χ2n) is 5.69. The first-order valence-corrected chi connectivity index (χ1v) is 9.28. The minimum Gasteiger partial charge on any atom is -0.480 e. The Balaban J connectivity index is 2.11. The van der Waals surface area contributed by atoms with Gasteiger partial charge in [0.2, 0.25) is 0 Å². The highest BCUT2D eigenvalue weighted by molar-refractivity contribution is 7.99. The monoisotopic (exact) mass is 404 g/mol. The van der Waals surface area contributed by atoms with Crippen LogP contribution in [0.25, 0.3) is 11.0 Å². The average molecular weight is 404 g/mol. The fourth-order valence-corrected chi connectivity index (χ4v) is 3.46. The van der Waals surface area contributed by atoms with Crippen LogP contribution < -0.4 is 0 Å². The summed E-state index contributed by atoms with van der Waals surface area (Å²) in [5.74, 6) is -0.840. The van der Waals surface area contributed by atoms with E-state index < -0.39 is 24.3 Å². The minimum absolute atomic E-state index is 0.0973. The van der Waals surface area contributed by atoms with Crippen LogP contribution in [0, 0.1) is 0 Å². The summed E-state index contributed by atoms with van der Waals surface area (Å²) in [7, 11) is 0. The number of hydrogen-bond acceptors (Lipinski definition) is 5. The number of carboxylic acids is 1. The van der Waals surface area contributed by atoms with Crippen LogP contribution in [-0.4, -0.2) is 39.0 Å². The van der Waals surface area contributed by atoms with Crippen LogP contribution in [0.5, 0.6) is 0 Å². The van der Waals surface area contributed by atoms with Crippen molar-refractivity contribution >= 4 is 34.7 Å². The minimum atomic E-state index is -4.49. The summed E-state index contributed by atoms with van der Waals surface area (Å²) in [4.78, 5) is 26.6. The number of carbonyl (C=O) groups excluding carboxylic acids is 1. The first kappa shape index (κ1) is 21.1. The number of rotatable bonds is 9. The smallest absolute Gasteiger partial charge is 0.416 e. The van der Waals surface area contributed by atoms with E-state index in [1.165, 1.54) is 22.4 Å². The molecule has 1 aromatic heterocycles. The molecular weight excluding hydrogens is 385 g/mol. The second-order valence-corrected chi connectivity index (χ2v) is 6.75. The van der Waals surface area contributed by atoms with Crippen molar-refractivity contribution in [3.05, 3.63) is 23.8 Å². The van der Waals surface area contributed by atoms with Gasteiger partial charge in [-0.25, -0.2) is 4.98 Å². The van der Waals surface area contributed by atoms with E-state index in [1.807, 2.05) is 0 Å². The van der Waals surface area contributed by atoms with E-state index >= 15 is 0 Å².